The summed E-state index contributed by atoms with van der Waals surface area (Å²) in [5, 5.41) is 4.36. The summed E-state index contributed by atoms with van der Waals surface area (Å²) in [6.07, 6.45) is 1.80. The summed E-state index contributed by atoms with van der Waals surface area (Å²) >= 11 is 0. The molecule has 7 nitrogen and oxygen atoms in total. The van der Waals surface area contributed by atoms with E-state index in [0.29, 0.717) is 23.0 Å². The number of ether oxygens (including phenoxy) is 3. The third-order valence-electron chi connectivity index (χ3n) is 7.09. The van der Waals surface area contributed by atoms with E-state index in [1.807, 2.05) is 30.3 Å². The first-order valence-electron chi connectivity index (χ1n) is 14.2. The SMILES string of the molecule is COC(=O)[C@H](Cc1ccc(Oc2ccc(F)cc2)cc1)NC(=O)c1cc2cc(Oc3ccc(C(C)(C)C)cc3)ccc2cn1. The third kappa shape index (κ3) is 7.58. The highest BCUT2D eigenvalue weighted by Gasteiger charge is 2.23. The van der Waals surface area contributed by atoms with Crippen LogP contribution in [0.25, 0.3) is 10.8 Å². The van der Waals surface area contributed by atoms with Crippen molar-refractivity contribution < 1.29 is 28.2 Å². The van der Waals surface area contributed by atoms with E-state index in [1.165, 1.54) is 36.9 Å². The molecule has 0 fully saturated rings. The molecule has 8 heteroatoms. The number of hydrogen-bond acceptors (Lipinski definition) is 6. The van der Waals surface area contributed by atoms with Crippen LogP contribution < -0.4 is 14.8 Å². The molecule has 5 aromatic rings. The summed E-state index contributed by atoms with van der Waals surface area (Å²) in [5.41, 5.74) is 2.18. The normalized spacial score (nSPS) is 11.9. The van der Waals surface area contributed by atoms with Gasteiger partial charge in [-0.2, -0.15) is 0 Å². The first-order valence-corrected chi connectivity index (χ1v) is 14.2. The van der Waals surface area contributed by atoms with Crippen molar-refractivity contribution in [3.63, 3.8) is 0 Å². The van der Waals surface area contributed by atoms with E-state index in [2.05, 4.69) is 43.2 Å². The van der Waals surface area contributed by atoms with Crippen LogP contribution in [0.3, 0.4) is 0 Å². The smallest absolute Gasteiger partial charge is 0.328 e. The van der Waals surface area contributed by atoms with Crippen molar-refractivity contribution in [2.24, 2.45) is 0 Å². The van der Waals surface area contributed by atoms with Gasteiger partial charge in [0.25, 0.3) is 5.91 Å². The van der Waals surface area contributed by atoms with Crippen molar-refractivity contribution in [1.82, 2.24) is 10.3 Å². The second-order valence-electron chi connectivity index (χ2n) is 11.4. The van der Waals surface area contributed by atoms with E-state index in [-0.39, 0.29) is 23.3 Å². The molecule has 0 bridgehead atoms. The van der Waals surface area contributed by atoms with Gasteiger partial charge in [0, 0.05) is 18.0 Å². The average Bonchev–Trinajstić information content (AvgIpc) is 3.01. The minimum absolute atomic E-state index is 0.0458. The van der Waals surface area contributed by atoms with Crippen LogP contribution in [-0.2, 0) is 21.4 Å². The van der Waals surface area contributed by atoms with Crippen LogP contribution in [0.1, 0.15) is 42.4 Å². The summed E-state index contributed by atoms with van der Waals surface area (Å²) in [4.78, 5) is 30.1. The van der Waals surface area contributed by atoms with E-state index in [4.69, 9.17) is 14.2 Å². The fourth-order valence-corrected chi connectivity index (χ4v) is 4.60. The fraction of sp³-hybridized carbons (Fsp3) is 0.194. The molecule has 5 rings (SSSR count). The second kappa shape index (κ2) is 13.0. The Balaban J connectivity index is 1.27. The van der Waals surface area contributed by atoms with Crippen LogP contribution in [0, 0.1) is 5.82 Å². The standard InChI is InChI=1S/C36H33FN2O5/c1-36(2,3)26-8-15-29(16-9-26)44-31-14-7-24-22-38-32(21-25(24)20-31)34(40)39-33(35(41)42-4)19-23-5-12-28(13-6-23)43-30-17-10-27(37)11-18-30/h5-18,20-22,33H,19H2,1-4H3,(H,39,40)/t33-/m0/s1. The highest BCUT2D eigenvalue weighted by Crippen LogP contribution is 2.29. The largest absolute Gasteiger partial charge is 0.467 e. The number of methoxy groups -OCH3 is 1. The fourth-order valence-electron chi connectivity index (χ4n) is 4.60. The van der Waals surface area contributed by atoms with Crippen molar-refractivity contribution in [2.45, 2.75) is 38.6 Å². The number of halogens is 1. The Morgan fingerprint density at radius 1 is 0.773 bits per heavy atom. The number of benzene rings is 4. The molecule has 0 unspecified atom stereocenters. The highest BCUT2D eigenvalue weighted by atomic mass is 19.1. The molecule has 0 spiro atoms. The summed E-state index contributed by atoms with van der Waals surface area (Å²) in [6, 6.07) is 27.0. The number of nitrogens with one attached hydrogen (secondary N) is 1. The van der Waals surface area contributed by atoms with E-state index < -0.39 is 17.9 Å². The van der Waals surface area contributed by atoms with Crippen LogP contribution in [0.15, 0.2) is 103 Å². The third-order valence-corrected chi connectivity index (χ3v) is 7.09. The van der Waals surface area contributed by atoms with Gasteiger partial charge in [-0.3, -0.25) is 9.78 Å². The van der Waals surface area contributed by atoms with Crippen molar-refractivity contribution >= 4 is 22.6 Å². The molecule has 0 saturated carbocycles. The van der Waals surface area contributed by atoms with Gasteiger partial charge >= 0.3 is 5.97 Å². The predicted octanol–water partition coefficient (Wildman–Crippen LogP) is 7.77. The van der Waals surface area contributed by atoms with Gasteiger partial charge in [0.2, 0.25) is 0 Å². The Kier molecular flexibility index (Phi) is 8.90. The van der Waals surface area contributed by atoms with Crippen molar-refractivity contribution in [1.29, 1.82) is 0 Å². The molecule has 0 saturated heterocycles. The number of fused-ring (bicyclic) bond motifs is 1. The summed E-state index contributed by atoms with van der Waals surface area (Å²) < 4.78 is 29.9. The number of esters is 1. The number of hydrogen-bond donors (Lipinski definition) is 1. The molecule has 1 amide bonds. The van der Waals surface area contributed by atoms with Crippen LogP contribution >= 0.6 is 0 Å². The van der Waals surface area contributed by atoms with Gasteiger partial charge in [-0.25, -0.2) is 9.18 Å². The molecule has 224 valence electrons. The molecular weight excluding hydrogens is 559 g/mol. The van der Waals surface area contributed by atoms with Crippen LogP contribution in [0.2, 0.25) is 0 Å². The number of carbonyl (C=O) groups excluding carboxylic acids is 2. The van der Waals surface area contributed by atoms with E-state index in [9.17, 15) is 14.0 Å². The van der Waals surface area contributed by atoms with Crippen molar-refractivity contribution in [2.75, 3.05) is 7.11 Å². The minimum atomic E-state index is -0.945. The maximum atomic E-state index is 13.2. The molecule has 1 atom stereocenters. The van der Waals surface area contributed by atoms with Crippen LogP contribution in [0.5, 0.6) is 23.0 Å². The first kappa shape index (κ1) is 30.2. The van der Waals surface area contributed by atoms with E-state index in [0.717, 1.165) is 16.3 Å². The molecule has 0 radical (unpaired) electrons. The lowest BCUT2D eigenvalue weighted by Crippen LogP contribution is -2.43. The van der Waals surface area contributed by atoms with Gasteiger partial charge in [0.1, 0.15) is 40.6 Å². The van der Waals surface area contributed by atoms with E-state index >= 15 is 0 Å². The monoisotopic (exact) mass is 592 g/mol. The molecule has 4 aromatic carbocycles. The Morgan fingerprint density at radius 3 is 1.95 bits per heavy atom. The van der Waals surface area contributed by atoms with Crippen LogP contribution in [0.4, 0.5) is 4.39 Å². The number of pyridine rings is 1. The van der Waals surface area contributed by atoms with Crippen molar-refractivity contribution in [3.8, 4) is 23.0 Å². The summed E-state index contributed by atoms with van der Waals surface area (Å²) in [5.74, 6) is 0.929. The van der Waals surface area contributed by atoms with Gasteiger partial charge in [-0.1, -0.05) is 45.0 Å². The number of carbonyl (C=O) groups is 2. The Morgan fingerprint density at radius 2 is 1.34 bits per heavy atom. The van der Waals surface area contributed by atoms with Gasteiger partial charge in [-0.15, -0.1) is 0 Å². The van der Waals surface area contributed by atoms with Gasteiger partial charge < -0.3 is 19.5 Å². The van der Waals surface area contributed by atoms with Crippen molar-refractivity contribution in [3.05, 3.63) is 126 Å². The number of rotatable bonds is 9. The molecule has 1 aromatic heterocycles. The Hall–Kier alpha value is -5.24. The zero-order valence-corrected chi connectivity index (χ0v) is 25.0. The molecule has 1 N–H and O–H groups in total. The number of amides is 1. The summed E-state index contributed by atoms with van der Waals surface area (Å²) in [6.45, 7) is 6.48. The highest BCUT2D eigenvalue weighted by molar-refractivity contribution is 5.98. The predicted molar refractivity (Wildman–Crippen MR) is 167 cm³/mol. The summed E-state index contributed by atoms with van der Waals surface area (Å²) in [7, 11) is 1.27. The zero-order chi connectivity index (χ0) is 31.3. The lowest BCUT2D eigenvalue weighted by atomic mass is 9.87. The van der Waals surface area contributed by atoms with Gasteiger partial charge in [0.05, 0.1) is 7.11 Å². The average molecular weight is 593 g/mol. The van der Waals surface area contributed by atoms with Gasteiger partial charge in [0.15, 0.2) is 0 Å². The Labute approximate surface area is 255 Å². The maximum absolute atomic E-state index is 13.2. The lowest BCUT2D eigenvalue weighted by Gasteiger charge is -2.19. The maximum Gasteiger partial charge on any atom is 0.328 e. The number of nitrogens with zero attached hydrogens (tertiary/aromatic N) is 1. The molecule has 44 heavy (non-hydrogen) atoms. The quantitative estimate of drug-likeness (QED) is 0.176. The minimum Gasteiger partial charge on any atom is -0.467 e. The van der Waals surface area contributed by atoms with Gasteiger partial charge in [-0.05, 0) is 94.7 Å². The van der Waals surface area contributed by atoms with Crippen LogP contribution in [-0.4, -0.2) is 30.0 Å². The topological polar surface area (TPSA) is 86.8 Å². The lowest BCUT2D eigenvalue weighted by molar-refractivity contribution is -0.142. The first-order chi connectivity index (χ1) is 21.1. The van der Waals surface area contributed by atoms with E-state index in [1.54, 1.807) is 36.5 Å². The molecule has 1 heterocycles. The molecule has 0 aliphatic heterocycles. The molecule has 0 aliphatic carbocycles. The Bertz CT molecular complexity index is 1760. The number of aromatic nitrogens is 1. The molecular formula is C36H33FN2O5. The second-order valence-corrected chi connectivity index (χ2v) is 11.4. The molecule has 0 aliphatic rings. The zero-order valence-electron chi connectivity index (χ0n) is 25.0.